The highest BCUT2D eigenvalue weighted by molar-refractivity contribution is 7.13. The lowest BCUT2D eigenvalue weighted by Gasteiger charge is -2.03. The van der Waals surface area contributed by atoms with Crippen LogP contribution in [-0.2, 0) is 4.74 Å². The first-order valence-electron chi connectivity index (χ1n) is 7.78. The first kappa shape index (κ1) is 17.0. The number of aryl methyl sites for hydroxylation is 1. The van der Waals surface area contributed by atoms with E-state index in [9.17, 15) is 9.59 Å². The highest BCUT2D eigenvalue weighted by Crippen LogP contribution is 2.25. The second kappa shape index (κ2) is 6.94. The summed E-state index contributed by atoms with van der Waals surface area (Å²) in [7, 11) is 0. The predicted molar refractivity (Wildman–Crippen MR) is 96.1 cm³/mol. The van der Waals surface area contributed by atoms with Gasteiger partial charge in [-0.15, -0.1) is 11.3 Å². The van der Waals surface area contributed by atoms with E-state index in [1.807, 2.05) is 17.5 Å². The van der Waals surface area contributed by atoms with Crippen molar-refractivity contribution in [3.05, 3.63) is 46.1 Å². The zero-order chi connectivity index (χ0) is 18.0. The molecule has 8 heteroatoms. The van der Waals surface area contributed by atoms with E-state index < -0.39 is 5.97 Å². The molecule has 3 heterocycles. The molecule has 130 valence electrons. The molecule has 0 aliphatic heterocycles. The Hall–Kier alpha value is -2.87. The number of ether oxygens (including phenoxy) is 1. The van der Waals surface area contributed by atoms with Crippen LogP contribution in [0.4, 0.5) is 5.82 Å². The van der Waals surface area contributed by atoms with Crippen LogP contribution < -0.4 is 5.32 Å². The molecule has 0 radical (unpaired) electrons. The number of hydrogen-bond donors (Lipinski definition) is 3. The highest BCUT2D eigenvalue weighted by Gasteiger charge is 2.23. The molecular weight excluding hydrogens is 340 g/mol. The molecule has 0 aliphatic carbocycles. The molecule has 0 bridgehead atoms. The third-order valence-corrected chi connectivity index (χ3v) is 4.65. The molecule has 0 aliphatic rings. The first-order chi connectivity index (χ1) is 12.0. The molecule has 0 saturated heterocycles. The van der Waals surface area contributed by atoms with Crippen LogP contribution in [-0.4, -0.2) is 33.7 Å². The SMILES string of the molecule is CCOC(=O)c1c(C)[nH]c(C(=O)Nc2cc(-c3cccs3)[nH]n2)c1C. The highest BCUT2D eigenvalue weighted by atomic mass is 32.1. The maximum absolute atomic E-state index is 12.5. The Morgan fingerprint density at radius 3 is 2.84 bits per heavy atom. The van der Waals surface area contributed by atoms with Gasteiger partial charge in [0.05, 0.1) is 22.7 Å². The van der Waals surface area contributed by atoms with Crippen molar-refractivity contribution >= 4 is 29.0 Å². The van der Waals surface area contributed by atoms with Gasteiger partial charge in [-0.25, -0.2) is 4.79 Å². The Morgan fingerprint density at radius 2 is 2.16 bits per heavy atom. The van der Waals surface area contributed by atoms with Gasteiger partial charge in [0.2, 0.25) is 0 Å². The van der Waals surface area contributed by atoms with Crippen LogP contribution >= 0.6 is 11.3 Å². The standard InChI is InChI=1S/C17H18N4O3S/c1-4-24-17(23)14-9(2)15(18-10(14)3)16(22)19-13-8-11(20-21-13)12-6-5-7-25-12/h5-8,18H,4H2,1-3H3,(H2,19,20,21,22). The average molecular weight is 358 g/mol. The lowest BCUT2D eigenvalue weighted by atomic mass is 10.1. The van der Waals surface area contributed by atoms with Crippen LogP contribution in [0.3, 0.4) is 0 Å². The second-order valence-corrected chi connectivity index (χ2v) is 6.39. The molecule has 3 N–H and O–H groups in total. The van der Waals surface area contributed by atoms with Gasteiger partial charge in [0.25, 0.3) is 5.91 Å². The Balaban J connectivity index is 1.80. The van der Waals surface area contributed by atoms with Crippen molar-refractivity contribution in [1.29, 1.82) is 0 Å². The number of amides is 1. The monoisotopic (exact) mass is 358 g/mol. The van der Waals surface area contributed by atoms with Gasteiger partial charge in [0.15, 0.2) is 5.82 Å². The summed E-state index contributed by atoms with van der Waals surface area (Å²) in [6, 6.07) is 5.68. The number of thiophene rings is 1. The fourth-order valence-electron chi connectivity index (χ4n) is 2.61. The van der Waals surface area contributed by atoms with Crippen LogP contribution in [0.5, 0.6) is 0 Å². The molecular formula is C17H18N4O3S. The van der Waals surface area contributed by atoms with E-state index in [-0.39, 0.29) is 12.5 Å². The number of esters is 1. The van der Waals surface area contributed by atoms with Crippen LogP contribution in [0.1, 0.15) is 39.0 Å². The molecule has 0 fully saturated rings. The lowest BCUT2D eigenvalue weighted by molar-refractivity contribution is 0.0525. The van der Waals surface area contributed by atoms with Crippen LogP contribution in [0, 0.1) is 13.8 Å². The van der Waals surface area contributed by atoms with Crippen molar-refractivity contribution < 1.29 is 14.3 Å². The van der Waals surface area contributed by atoms with E-state index >= 15 is 0 Å². The number of aromatic nitrogens is 3. The second-order valence-electron chi connectivity index (χ2n) is 5.44. The zero-order valence-electron chi connectivity index (χ0n) is 14.1. The Bertz CT molecular complexity index is 909. The first-order valence-corrected chi connectivity index (χ1v) is 8.66. The Morgan fingerprint density at radius 1 is 1.36 bits per heavy atom. The molecule has 0 saturated carbocycles. The fraction of sp³-hybridized carbons (Fsp3) is 0.235. The number of nitrogens with one attached hydrogen (secondary N) is 3. The largest absolute Gasteiger partial charge is 0.462 e. The van der Waals surface area contributed by atoms with E-state index in [1.165, 1.54) is 0 Å². The van der Waals surface area contributed by atoms with Crippen LogP contribution in [0.15, 0.2) is 23.6 Å². The molecule has 1 amide bonds. The average Bonchev–Trinajstić information content (AvgIpc) is 3.28. The van der Waals surface area contributed by atoms with E-state index in [0.29, 0.717) is 28.3 Å². The van der Waals surface area contributed by atoms with Gasteiger partial charge < -0.3 is 15.0 Å². The summed E-state index contributed by atoms with van der Waals surface area (Å²) in [6.07, 6.45) is 0. The summed E-state index contributed by atoms with van der Waals surface area (Å²) in [5.41, 5.74) is 2.70. The van der Waals surface area contributed by atoms with Crippen molar-refractivity contribution in [1.82, 2.24) is 15.2 Å². The van der Waals surface area contributed by atoms with Crippen molar-refractivity contribution in [3.8, 4) is 10.6 Å². The van der Waals surface area contributed by atoms with Gasteiger partial charge in [-0.2, -0.15) is 5.10 Å². The quantitative estimate of drug-likeness (QED) is 0.608. The van der Waals surface area contributed by atoms with Gasteiger partial charge >= 0.3 is 5.97 Å². The topological polar surface area (TPSA) is 99.9 Å². The van der Waals surface area contributed by atoms with Crippen molar-refractivity contribution in [2.24, 2.45) is 0 Å². The summed E-state index contributed by atoms with van der Waals surface area (Å²) >= 11 is 1.58. The molecule has 3 aromatic heterocycles. The molecule has 3 rings (SSSR count). The number of rotatable bonds is 5. The molecule has 0 spiro atoms. The maximum Gasteiger partial charge on any atom is 0.340 e. The third-order valence-electron chi connectivity index (χ3n) is 3.75. The van der Waals surface area contributed by atoms with Crippen LogP contribution in [0.25, 0.3) is 10.6 Å². The summed E-state index contributed by atoms with van der Waals surface area (Å²) in [4.78, 5) is 28.5. The summed E-state index contributed by atoms with van der Waals surface area (Å²) in [5.74, 6) is -0.384. The van der Waals surface area contributed by atoms with E-state index in [2.05, 4.69) is 20.5 Å². The van der Waals surface area contributed by atoms with E-state index in [0.717, 1.165) is 10.6 Å². The van der Waals surface area contributed by atoms with Gasteiger partial charge in [-0.3, -0.25) is 9.89 Å². The minimum Gasteiger partial charge on any atom is -0.462 e. The van der Waals surface area contributed by atoms with Gasteiger partial charge in [0.1, 0.15) is 5.69 Å². The molecule has 3 aromatic rings. The number of carbonyl (C=O) groups excluding carboxylic acids is 2. The molecule has 25 heavy (non-hydrogen) atoms. The number of H-pyrrole nitrogens is 2. The zero-order valence-corrected chi connectivity index (χ0v) is 14.9. The minimum absolute atomic E-state index is 0.281. The summed E-state index contributed by atoms with van der Waals surface area (Å²) in [5, 5.41) is 11.7. The van der Waals surface area contributed by atoms with Gasteiger partial charge in [-0.1, -0.05) is 6.07 Å². The molecule has 0 aromatic carbocycles. The normalized spacial score (nSPS) is 10.7. The molecule has 0 unspecified atom stereocenters. The van der Waals surface area contributed by atoms with Crippen molar-refractivity contribution in [2.45, 2.75) is 20.8 Å². The summed E-state index contributed by atoms with van der Waals surface area (Å²) < 4.78 is 5.04. The molecule has 7 nitrogen and oxygen atoms in total. The van der Waals surface area contributed by atoms with Gasteiger partial charge in [0, 0.05) is 11.8 Å². The number of aromatic amines is 2. The number of carbonyl (C=O) groups is 2. The predicted octanol–water partition coefficient (Wildman–Crippen LogP) is 3.51. The lowest BCUT2D eigenvalue weighted by Crippen LogP contribution is -2.14. The van der Waals surface area contributed by atoms with E-state index in [1.54, 1.807) is 38.2 Å². The minimum atomic E-state index is -0.437. The van der Waals surface area contributed by atoms with Crippen LogP contribution in [0.2, 0.25) is 0 Å². The Kier molecular flexibility index (Phi) is 4.71. The number of nitrogens with zero attached hydrogens (tertiary/aromatic N) is 1. The summed E-state index contributed by atoms with van der Waals surface area (Å²) in [6.45, 7) is 5.47. The van der Waals surface area contributed by atoms with Gasteiger partial charge in [-0.05, 0) is 37.8 Å². The van der Waals surface area contributed by atoms with Crippen molar-refractivity contribution in [3.63, 3.8) is 0 Å². The smallest absolute Gasteiger partial charge is 0.340 e. The fourth-order valence-corrected chi connectivity index (χ4v) is 3.30. The van der Waals surface area contributed by atoms with Crippen molar-refractivity contribution in [2.75, 3.05) is 11.9 Å². The number of anilines is 1. The van der Waals surface area contributed by atoms with E-state index in [4.69, 9.17) is 4.74 Å². The Labute approximate surface area is 148 Å². The third kappa shape index (κ3) is 3.34. The number of hydrogen-bond acceptors (Lipinski definition) is 5. The maximum atomic E-state index is 12.5. The molecule has 0 atom stereocenters.